The van der Waals surface area contributed by atoms with Crippen molar-refractivity contribution in [3.63, 3.8) is 0 Å². The number of nitrogens with one attached hydrogen (secondary N) is 2. The molecular weight excluding hydrogens is 470 g/mol. The van der Waals surface area contributed by atoms with E-state index in [4.69, 9.17) is 0 Å². The van der Waals surface area contributed by atoms with Gasteiger partial charge < -0.3 is 30.7 Å². The molecule has 9 nitrogen and oxygen atoms in total. The molecule has 0 unspecified atom stereocenters. The molecule has 6 N–H and O–H groups in total. The normalized spacial score (nSPS) is 23.3. The van der Waals surface area contributed by atoms with Crippen LogP contribution in [0.2, 0.25) is 0 Å². The number of aliphatic hydroxyl groups is 4. The Morgan fingerprint density at radius 1 is 1.03 bits per heavy atom. The van der Waals surface area contributed by atoms with Crippen LogP contribution in [0.1, 0.15) is 11.1 Å². The van der Waals surface area contributed by atoms with E-state index in [0.29, 0.717) is 18.8 Å². The number of β-amino-alcohol motifs (C(OH)–C–C–N with tert-alkyl or cyclic N) is 1. The molecule has 4 rings (SSSR count). The Kier molecular flexibility index (Phi) is 7.60. The van der Waals surface area contributed by atoms with Gasteiger partial charge in [0.15, 0.2) is 9.84 Å². The molecule has 188 valence electrons. The topological polar surface area (TPSA) is 146 Å². The lowest BCUT2D eigenvalue weighted by molar-refractivity contribution is -0.147. The van der Waals surface area contributed by atoms with Gasteiger partial charge in [-0.15, -0.1) is 0 Å². The molecular formula is C25H31N3O6S. The van der Waals surface area contributed by atoms with Crippen LogP contribution in [0.5, 0.6) is 0 Å². The summed E-state index contributed by atoms with van der Waals surface area (Å²) >= 11 is 0. The quantitative estimate of drug-likeness (QED) is 0.268. The predicted octanol–water partition coefficient (Wildman–Crippen LogP) is 0.957. The molecule has 0 amide bonds. The maximum absolute atomic E-state index is 12.2. The van der Waals surface area contributed by atoms with Crippen LogP contribution < -0.4 is 5.32 Å². The molecule has 0 bridgehead atoms. The molecule has 3 aromatic rings. The van der Waals surface area contributed by atoms with E-state index in [-0.39, 0.29) is 18.0 Å². The van der Waals surface area contributed by atoms with Crippen LogP contribution >= 0.6 is 0 Å². The number of hydrogen-bond acceptors (Lipinski definition) is 8. The lowest BCUT2D eigenvalue weighted by Crippen LogP contribution is -2.62. The molecule has 1 saturated heterocycles. The second-order valence-corrected chi connectivity index (χ2v) is 11.0. The van der Waals surface area contributed by atoms with Crippen molar-refractivity contribution in [2.45, 2.75) is 42.3 Å². The highest BCUT2D eigenvalue weighted by Gasteiger charge is 2.40. The highest BCUT2D eigenvalue weighted by Crippen LogP contribution is 2.27. The molecule has 0 aliphatic carbocycles. The van der Waals surface area contributed by atoms with Gasteiger partial charge in [0.25, 0.3) is 0 Å². The van der Waals surface area contributed by atoms with Crippen molar-refractivity contribution in [1.82, 2.24) is 9.88 Å². The molecule has 10 heteroatoms. The van der Waals surface area contributed by atoms with Gasteiger partial charge in [-0.2, -0.15) is 0 Å². The Bertz CT molecular complexity index is 1250. The summed E-state index contributed by atoms with van der Waals surface area (Å²) in [6, 6.07) is 15.9. The fourth-order valence-corrected chi connectivity index (χ4v) is 5.10. The highest BCUT2D eigenvalue weighted by molar-refractivity contribution is 7.90. The first-order valence-corrected chi connectivity index (χ1v) is 13.2. The van der Waals surface area contributed by atoms with Gasteiger partial charge >= 0.3 is 0 Å². The van der Waals surface area contributed by atoms with E-state index in [0.717, 1.165) is 22.4 Å². The first-order chi connectivity index (χ1) is 16.7. The average Bonchev–Trinajstić information content (AvgIpc) is 3.36. The monoisotopic (exact) mass is 501 g/mol. The third kappa shape index (κ3) is 5.92. The van der Waals surface area contributed by atoms with Gasteiger partial charge in [-0.3, -0.25) is 4.90 Å². The number of aliphatic hydroxyl groups excluding tert-OH is 4. The van der Waals surface area contributed by atoms with E-state index in [1.807, 2.05) is 42.5 Å². The average molecular weight is 502 g/mol. The molecule has 1 aliphatic heterocycles. The third-order valence-corrected chi connectivity index (χ3v) is 7.43. The lowest BCUT2D eigenvalue weighted by atomic mass is 9.93. The Hall–Kier alpha value is -2.73. The Labute approximate surface area is 204 Å². The van der Waals surface area contributed by atoms with Gasteiger partial charge in [0, 0.05) is 49.0 Å². The Morgan fingerprint density at radius 3 is 2.49 bits per heavy atom. The maximum atomic E-state index is 12.2. The summed E-state index contributed by atoms with van der Waals surface area (Å²) in [5.41, 5.74) is 4.10. The summed E-state index contributed by atoms with van der Waals surface area (Å²) in [6.45, 7) is 0.608. The Balaban J connectivity index is 1.50. The van der Waals surface area contributed by atoms with Crippen LogP contribution in [-0.4, -0.2) is 82.5 Å². The molecule has 35 heavy (non-hydrogen) atoms. The zero-order valence-electron chi connectivity index (χ0n) is 19.4. The van der Waals surface area contributed by atoms with Gasteiger partial charge in [0.05, 0.1) is 23.6 Å². The van der Waals surface area contributed by atoms with E-state index in [9.17, 15) is 28.8 Å². The number of sulfone groups is 1. The van der Waals surface area contributed by atoms with E-state index in [1.54, 1.807) is 23.2 Å². The fourth-order valence-electron chi connectivity index (χ4n) is 4.42. The van der Waals surface area contributed by atoms with Crippen LogP contribution in [0.3, 0.4) is 0 Å². The second-order valence-electron chi connectivity index (χ2n) is 9.00. The molecule has 0 radical (unpaired) electrons. The maximum Gasteiger partial charge on any atom is 0.175 e. The van der Waals surface area contributed by atoms with Gasteiger partial charge in [-0.25, -0.2) is 8.42 Å². The van der Waals surface area contributed by atoms with Crippen molar-refractivity contribution >= 4 is 15.5 Å². The highest BCUT2D eigenvalue weighted by atomic mass is 32.2. The van der Waals surface area contributed by atoms with E-state index in [2.05, 4.69) is 10.3 Å². The number of hydrogen-bond donors (Lipinski definition) is 6. The summed E-state index contributed by atoms with van der Waals surface area (Å²) in [4.78, 5) is 5.08. The fraction of sp³-hybridized carbons (Fsp3) is 0.360. The van der Waals surface area contributed by atoms with Crippen molar-refractivity contribution in [3.05, 3.63) is 71.9 Å². The molecule has 4 atom stereocenters. The number of rotatable bonds is 8. The van der Waals surface area contributed by atoms with Crippen molar-refractivity contribution in [2.24, 2.45) is 0 Å². The smallest absolute Gasteiger partial charge is 0.175 e. The van der Waals surface area contributed by atoms with E-state index in [1.165, 1.54) is 6.26 Å². The van der Waals surface area contributed by atoms with Crippen molar-refractivity contribution in [3.8, 4) is 11.3 Å². The number of aromatic nitrogens is 1. The number of nitrogens with zero attached hydrogens (tertiary/aromatic N) is 1. The van der Waals surface area contributed by atoms with Gasteiger partial charge in [-0.05, 0) is 41.5 Å². The minimum Gasteiger partial charge on any atom is -0.395 e. The van der Waals surface area contributed by atoms with Crippen LogP contribution in [-0.2, 0) is 22.9 Å². The second kappa shape index (κ2) is 10.5. The number of anilines is 1. The molecule has 2 aromatic carbocycles. The van der Waals surface area contributed by atoms with Crippen LogP contribution in [0, 0.1) is 0 Å². The number of aromatic amines is 1. The number of benzene rings is 2. The van der Waals surface area contributed by atoms with Gasteiger partial charge in [0.1, 0.15) is 12.2 Å². The van der Waals surface area contributed by atoms with Crippen LogP contribution in [0.4, 0.5) is 5.69 Å². The minimum atomic E-state index is -3.40. The van der Waals surface area contributed by atoms with Crippen molar-refractivity contribution in [1.29, 1.82) is 0 Å². The molecule has 2 heterocycles. The molecule has 1 aliphatic rings. The molecule has 0 spiro atoms. The molecule has 1 aromatic heterocycles. The zero-order chi connectivity index (χ0) is 25.2. The number of H-pyrrole nitrogens is 1. The summed E-state index contributed by atoms with van der Waals surface area (Å²) in [5, 5.41) is 43.2. The van der Waals surface area contributed by atoms with Gasteiger partial charge in [-0.1, -0.05) is 24.3 Å². The predicted molar refractivity (Wildman–Crippen MR) is 132 cm³/mol. The largest absolute Gasteiger partial charge is 0.395 e. The van der Waals surface area contributed by atoms with Crippen molar-refractivity contribution < 1.29 is 28.8 Å². The zero-order valence-corrected chi connectivity index (χ0v) is 20.2. The van der Waals surface area contributed by atoms with Crippen LogP contribution in [0.15, 0.2) is 65.7 Å². The SMILES string of the molecule is CS(=O)(=O)c1cc(NCc2cccc(CN3C[C@H](O)[C@@H](O)[C@H](O)[C@H]3CO)c2)cc(-c2ccc[nH]2)c1. The Morgan fingerprint density at radius 2 is 1.80 bits per heavy atom. The summed E-state index contributed by atoms with van der Waals surface area (Å²) in [5.74, 6) is 0. The summed E-state index contributed by atoms with van der Waals surface area (Å²) in [6.07, 6.45) is -0.680. The van der Waals surface area contributed by atoms with Crippen molar-refractivity contribution in [2.75, 3.05) is 24.7 Å². The van der Waals surface area contributed by atoms with Gasteiger partial charge in [0.2, 0.25) is 0 Å². The standard InChI is InChI=1S/C25H31N3O6S/c1-35(33,34)20-10-18(21-6-3-7-26-21)9-19(11-20)27-12-16-4-2-5-17(8-16)13-28-14-23(30)25(32)24(31)22(28)15-29/h2-11,22-27,29-32H,12-15H2,1H3/t22-,23+,24-,25-/m1/s1. The number of piperidine rings is 1. The minimum absolute atomic E-state index is 0.131. The number of likely N-dealkylation sites (tertiary alicyclic amines) is 1. The van der Waals surface area contributed by atoms with E-state index >= 15 is 0 Å². The summed E-state index contributed by atoms with van der Waals surface area (Å²) in [7, 11) is -3.40. The van der Waals surface area contributed by atoms with E-state index < -0.39 is 34.2 Å². The summed E-state index contributed by atoms with van der Waals surface area (Å²) < 4.78 is 24.4. The van der Waals surface area contributed by atoms with Crippen LogP contribution in [0.25, 0.3) is 11.3 Å². The molecule has 0 saturated carbocycles. The first-order valence-electron chi connectivity index (χ1n) is 11.4. The lowest BCUT2D eigenvalue weighted by Gasteiger charge is -2.43. The third-order valence-electron chi connectivity index (χ3n) is 6.33. The first kappa shape index (κ1) is 25.4. The molecule has 1 fully saturated rings.